The van der Waals surface area contributed by atoms with Crippen LogP contribution in [0.5, 0.6) is 0 Å². The van der Waals surface area contributed by atoms with Crippen LogP contribution in [-0.2, 0) is 21.7 Å². The zero-order chi connectivity index (χ0) is 16.7. The third-order valence-corrected chi connectivity index (χ3v) is 3.58. The summed E-state index contributed by atoms with van der Waals surface area (Å²) in [5, 5.41) is 0. The van der Waals surface area contributed by atoms with Crippen LogP contribution in [0.3, 0.4) is 0 Å². The van der Waals surface area contributed by atoms with Gasteiger partial charge in [0.05, 0.1) is 0 Å². The summed E-state index contributed by atoms with van der Waals surface area (Å²) in [4.78, 5) is 2.20. The van der Waals surface area contributed by atoms with Crippen LogP contribution in [-0.4, -0.2) is 25.5 Å². The van der Waals surface area contributed by atoms with Gasteiger partial charge in [0.15, 0.2) is 0 Å². The number of hydrogen-bond acceptors (Lipinski definition) is 1. The van der Waals surface area contributed by atoms with E-state index >= 15 is 0 Å². The van der Waals surface area contributed by atoms with Crippen molar-refractivity contribution in [2.45, 2.75) is 6.42 Å². The molecule has 0 bridgehead atoms. The van der Waals surface area contributed by atoms with Gasteiger partial charge in [-0.05, 0) is 26.1 Å². The van der Waals surface area contributed by atoms with Crippen LogP contribution in [0.1, 0.15) is 17.5 Å². The van der Waals surface area contributed by atoms with E-state index in [1.54, 1.807) is 12.1 Å². The van der Waals surface area contributed by atoms with Crippen molar-refractivity contribution < 1.29 is 21.7 Å². The van der Waals surface area contributed by atoms with E-state index in [4.69, 9.17) is 5.73 Å². The van der Waals surface area contributed by atoms with Gasteiger partial charge in [-0.3, -0.25) is 0 Å². The summed E-state index contributed by atoms with van der Waals surface area (Å²) < 4.78 is 0. The molecule has 0 saturated heterocycles. The Hall–Kier alpha value is -1.16. The summed E-state index contributed by atoms with van der Waals surface area (Å²) in [6.45, 7) is 5.09. The van der Waals surface area contributed by atoms with Crippen molar-refractivity contribution in [1.82, 2.24) is 4.90 Å². The Bertz CT molecular complexity index is 698. The predicted octanol–water partition coefficient (Wildman–Crippen LogP) is 6.36. The molecule has 0 spiro atoms. The number of likely N-dealkylation sites (N-methyl/N-ethyl adjacent to an activating group) is 1. The average Bonchev–Trinajstić information content (AvgIpc) is 2.96. The van der Waals surface area contributed by atoms with Crippen molar-refractivity contribution in [2.24, 2.45) is 0 Å². The molecule has 0 radical (unpaired) electrons. The monoisotopic (exact) mass is 424 g/mol. The number of nitrogens with one attached hydrogen (secondary N) is 1. The smallest absolute Gasteiger partial charge is 0.699 e. The second-order valence-corrected chi connectivity index (χ2v) is 5.91. The summed E-state index contributed by atoms with van der Waals surface area (Å²) in [6.07, 6.45) is 5.64. The summed E-state index contributed by atoms with van der Waals surface area (Å²) in [7, 11) is 4.20. The maximum atomic E-state index is 7.00. The van der Waals surface area contributed by atoms with Gasteiger partial charge < -0.3 is 10.6 Å². The Morgan fingerprint density at radius 2 is 1.54 bits per heavy atom. The standard InChI is InChI=1S/C15H18N.C6H6N.2ClH.Ti/c1-12-6-4-5-7-15(12)14-9-8-13(10-14)11-16(2)3;7-6-4-2-1-3-5-6;;;/h4-8,10H,1,9,11H2,2-3H3;1-5,7H;2*1H;/q2*-1;;;+2. The zero-order valence-electron chi connectivity index (χ0n) is 15.2. The van der Waals surface area contributed by atoms with Crippen LogP contribution >= 0.6 is 24.8 Å². The zero-order valence-corrected chi connectivity index (χ0v) is 18.4. The van der Waals surface area contributed by atoms with Gasteiger partial charge in [0.2, 0.25) is 0 Å². The van der Waals surface area contributed by atoms with E-state index in [2.05, 4.69) is 56.3 Å². The second kappa shape index (κ2) is 14.0. The minimum Gasteiger partial charge on any atom is -0.699 e. The third kappa shape index (κ3) is 8.98. The first-order valence-corrected chi connectivity index (χ1v) is 7.78. The Labute approximate surface area is 185 Å². The molecule has 138 valence electrons. The quantitative estimate of drug-likeness (QED) is 0.416. The molecule has 0 saturated carbocycles. The summed E-state index contributed by atoms with van der Waals surface area (Å²) >= 11 is 0. The molecule has 0 amide bonds. The molecule has 0 atom stereocenters. The molecule has 2 aromatic carbocycles. The SMILES string of the molecule is Cl.Cl.[CH2-]c1ccccc1C1=CC(CN(C)C)=CC1.[NH-]c1ccccc1.[Ti+2]. The third-order valence-electron chi connectivity index (χ3n) is 3.58. The van der Waals surface area contributed by atoms with Crippen molar-refractivity contribution in [3.05, 3.63) is 96.1 Å². The Balaban J connectivity index is 0. The molecule has 5 heteroatoms. The van der Waals surface area contributed by atoms with Crippen LogP contribution in [0.2, 0.25) is 0 Å². The van der Waals surface area contributed by atoms with E-state index in [-0.39, 0.29) is 46.5 Å². The van der Waals surface area contributed by atoms with E-state index in [1.165, 1.54) is 16.7 Å². The number of rotatable bonds is 3. The Kier molecular flexibility index (Phi) is 14.5. The maximum Gasteiger partial charge on any atom is 2.00 e. The topological polar surface area (TPSA) is 27.0 Å². The van der Waals surface area contributed by atoms with Gasteiger partial charge in [0.25, 0.3) is 0 Å². The molecule has 2 nitrogen and oxygen atoms in total. The number of nitrogens with zero attached hydrogens (tertiary/aromatic N) is 1. The van der Waals surface area contributed by atoms with E-state index < -0.39 is 0 Å². The summed E-state index contributed by atoms with van der Waals surface area (Å²) in [5.74, 6) is 0. The first-order valence-electron chi connectivity index (χ1n) is 7.78. The fraction of sp³-hybridized carbons (Fsp3) is 0.190. The molecule has 3 rings (SSSR count). The Morgan fingerprint density at radius 1 is 0.962 bits per heavy atom. The average molecular weight is 425 g/mol. The molecule has 0 heterocycles. The Morgan fingerprint density at radius 3 is 2.04 bits per heavy atom. The molecule has 0 aliphatic heterocycles. The van der Waals surface area contributed by atoms with E-state index in [0.29, 0.717) is 5.69 Å². The van der Waals surface area contributed by atoms with Crippen LogP contribution in [0, 0.1) is 6.92 Å². The second-order valence-electron chi connectivity index (χ2n) is 5.91. The minimum absolute atomic E-state index is 0. The minimum atomic E-state index is 0. The molecular weight excluding hydrogens is 399 g/mol. The van der Waals surface area contributed by atoms with E-state index in [9.17, 15) is 0 Å². The van der Waals surface area contributed by atoms with E-state index in [1.807, 2.05) is 24.3 Å². The summed E-state index contributed by atoms with van der Waals surface area (Å²) in [6, 6.07) is 17.4. The van der Waals surface area contributed by atoms with Crippen molar-refractivity contribution in [3.63, 3.8) is 0 Å². The molecule has 0 unspecified atom stereocenters. The van der Waals surface area contributed by atoms with Gasteiger partial charge in [-0.15, -0.1) is 48.2 Å². The van der Waals surface area contributed by atoms with Gasteiger partial charge in [-0.25, -0.2) is 0 Å². The fourth-order valence-electron chi connectivity index (χ4n) is 2.52. The van der Waals surface area contributed by atoms with E-state index in [0.717, 1.165) is 18.5 Å². The van der Waals surface area contributed by atoms with Crippen molar-refractivity contribution in [2.75, 3.05) is 20.6 Å². The van der Waals surface area contributed by atoms with Gasteiger partial charge in [-0.2, -0.15) is 18.6 Å². The summed E-state index contributed by atoms with van der Waals surface area (Å²) in [5.41, 5.74) is 12.8. The van der Waals surface area contributed by atoms with Gasteiger partial charge in [0.1, 0.15) is 0 Å². The maximum absolute atomic E-state index is 7.00. The number of halogens is 2. The van der Waals surface area contributed by atoms with Crippen molar-refractivity contribution >= 4 is 36.1 Å². The largest absolute Gasteiger partial charge is 2.00 e. The molecule has 0 fully saturated rings. The molecule has 0 aromatic heterocycles. The van der Waals surface area contributed by atoms with Crippen LogP contribution in [0.15, 0.2) is 72.3 Å². The molecule has 1 N–H and O–H groups in total. The van der Waals surface area contributed by atoms with Gasteiger partial charge in [0, 0.05) is 6.54 Å². The molecule has 1 aliphatic carbocycles. The first-order chi connectivity index (χ1) is 11.1. The number of allylic oxidation sites excluding steroid dienone is 2. The van der Waals surface area contributed by atoms with Crippen LogP contribution < -0.4 is 0 Å². The van der Waals surface area contributed by atoms with Crippen LogP contribution in [0.25, 0.3) is 11.3 Å². The molecular formula is C21H26Cl2N2Ti. The molecule has 1 aliphatic rings. The fourth-order valence-corrected chi connectivity index (χ4v) is 2.52. The van der Waals surface area contributed by atoms with Gasteiger partial charge in [-0.1, -0.05) is 54.1 Å². The first kappa shape index (κ1) is 27.1. The van der Waals surface area contributed by atoms with Crippen molar-refractivity contribution in [3.8, 4) is 0 Å². The molecule has 2 aromatic rings. The van der Waals surface area contributed by atoms with Gasteiger partial charge >= 0.3 is 21.7 Å². The molecule has 26 heavy (non-hydrogen) atoms. The van der Waals surface area contributed by atoms with Crippen molar-refractivity contribution in [1.29, 1.82) is 0 Å². The number of hydrogen-bond donors (Lipinski definition) is 0. The predicted molar refractivity (Wildman–Crippen MR) is 115 cm³/mol. The number of benzene rings is 2. The van der Waals surface area contributed by atoms with Crippen LogP contribution in [0.4, 0.5) is 5.69 Å². The normalized spacial score (nSPS) is 11.7.